The first kappa shape index (κ1) is 16.7. The van der Waals surface area contributed by atoms with Crippen LogP contribution in [-0.4, -0.2) is 35.8 Å². The lowest BCUT2D eigenvalue weighted by Crippen LogP contribution is -2.22. The van der Waals surface area contributed by atoms with Crippen molar-refractivity contribution in [3.05, 3.63) is 11.4 Å². The van der Waals surface area contributed by atoms with Crippen molar-refractivity contribution in [1.29, 1.82) is 0 Å². The van der Waals surface area contributed by atoms with E-state index in [0.29, 0.717) is 19.1 Å². The molecule has 0 aromatic carbocycles. The topological polar surface area (TPSA) is 56.3 Å². The highest BCUT2D eigenvalue weighted by Crippen LogP contribution is 2.22. The quantitative estimate of drug-likeness (QED) is 0.779. The predicted molar refractivity (Wildman–Crippen MR) is 81.5 cm³/mol. The highest BCUT2D eigenvalue weighted by Gasteiger charge is 2.12. The van der Waals surface area contributed by atoms with Gasteiger partial charge in [-0.15, -0.1) is 0 Å². The van der Waals surface area contributed by atoms with Crippen LogP contribution in [0.4, 0.5) is 5.82 Å². The van der Waals surface area contributed by atoms with Crippen molar-refractivity contribution in [2.45, 2.75) is 53.1 Å². The maximum Gasteiger partial charge on any atom is 0.221 e. The molecule has 114 valence electrons. The van der Waals surface area contributed by atoms with Crippen LogP contribution in [0.25, 0.3) is 0 Å². The van der Waals surface area contributed by atoms with Crippen LogP contribution in [0.2, 0.25) is 0 Å². The zero-order valence-corrected chi connectivity index (χ0v) is 13.5. The number of aromatic nitrogens is 2. The van der Waals surface area contributed by atoms with E-state index >= 15 is 0 Å². The Labute approximate surface area is 122 Å². The molecule has 20 heavy (non-hydrogen) atoms. The van der Waals surface area contributed by atoms with Crippen molar-refractivity contribution in [3.8, 4) is 5.88 Å². The lowest BCUT2D eigenvalue weighted by molar-refractivity contribution is -0.0169. The van der Waals surface area contributed by atoms with Gasteiger partial charge in [0.15, 0.2) is 0 Å². The van der Waals surface area contributed by atoms with E-state index in [1.807, 2.05) is 34.7 Å². The molecule has 0 aliphatic rings. The largest absolute Gasteiger partial charge is 0.475 e. The third-order valence-electron chi connectivity index (χ3n) is 2.72. The number of nitrogens with one attached hydrogen (secondary N) is 1. The molecule has 0 aliphatic heterocycles. The van der Waals surface area contributed by atoms with Crippen LogP contribution in [0.5, 0.6) is 5.88 Å². The molecule has 0 saturated heterocycles. The van der Waals surface area contributed by atoms with Gasteiger partial charge in [0.1, 0.15) is 18.2 Å². The van der Waals surface area contributed by atoms with E-state index in [2.05, 4.69) is 22.2 Å². The molecule has 1 rings (SSSR count). The molecule has 0 fully saturated rings. The second-order valence-corrected chi connectivity index (χ2v) is 5.73. The van der Waals surface area contributed by atoms with Crippen molar-refractivity contribution >= 4 is 5.82 Å². The van der Waals surface area contributed by atoms with Crippen molar-refractivity contribution in [2.24, 2.45) is 0 Å². The minimum atomic E-state index is -0.145. The van der Waals surface area contributed by atoms with E-state index < -0.39 is 0 Å². The van der Waals surface area contributed by atoms with Gasteiger partial charge in [-0.25, -0.2) is 4.98 Å². The zero-order chi connectivity index (χ0) is 15.2. The van der Waals surface area contributed by atoms with Crippen LogP contribution >= 0.6 is 0 Å². The Morgan fingerprint density at radius 2 is 1.85 bits per heavy atom. The second-order valence-electron chi connectivity index (χ2n) is 5.73. The molecule has 0 aliphatic carbocycles. The highest BCUT2D eigenvalue weighted by atomic mass is 16.5. The van der Waals surface area contributed by atoms with E-state index in [1.165, 1.54) is 0 Å². The summed E-state index contributed by atoms with van der Waals surface area (Å²) in [5, 5.41) is 3.09. The number of hydrogen-bond acceptors (Lipinski definition) is 5. The number of nitrogens with zero attached hydrogens (tertiary/aromatic N) is 2. The van der Waals surface area contributed by atoms with Gasteiger partial charge in [0, 0.05) is 13.5 Å². The standard InChI is InChI=1S/C15H27N3O2/c1-7-8-12-17-13(16-6)11(2)14(18-12)19-9-10-20-15(3,4)5/h7-10H2,1-6H3,(H,16,17,18). The Bertz CT molecular complexity index is 428. The fourth-order valence-corrected chi connectivity index (χ4v) is 1.75. The number of aryl methyl sites for hydroxylation is 1. The predicted octanol–water partition coefficient (Wildman–Crippen LogP) is 2.97. The number of anilines is 1. The summed E-state index contributed by atoms with van der Waals surface area (Å²) in [5.41, 5.74) is 0.788. The van der Waals surface area contributed by atoms with Crippen LogP contribution in [0.15, 0.2) is 0 Å². The summed E-state index contributed by atoms with van der Waals surface area (Å²) in [4.78, 5) is 8.95. The maximum atomic E-state index is 5.75. The number of ether oxygens (including phenoxy) is 2. The molecule has 1 aromatic heterocycles. The molecule has 0 unspecified atom stereocenters. The molecule has 0 radical (unpaired) electrons. The Morgan fingerprint density at radius 1 is 1.15 bits per heavy atom. The third kappa shape index (κ3) is 5.33. The van der Waals surface area contributed by atoms with Crippen LogP contribution in [0.3, 0.4) is 0 Å². The van der Waals surface area contributed by atoms with Gasteiger partial charge in [0.25, 0.3) is 0 Å². The molecule has 5 nitrogen and oxygen atoms in total. The highest BCUT2D eigenvalue weighted by molar-refractivity contribution is 5.48. The lowest BCUT2D eigenvalue weighted by atomic mass is 10.2. The van der Waals surface area contributed by atoms with Crippen molar-refractivity contribution in [3.63, 3.8) is 0 Å². The summed E-state index contributed by atoms with van der Waals surface area (Å²) >= 11 is 0. The Morgan fingerprint density at radius 3 is 2.40 bits per heavy atom. The van der Waals surface area contributed by atoms with Gasteiger partial charge in [-0.2, -0.15) is 4.98 Å². The minimum Gasteiger partial charge on any atom is -0.475 e. The summed E-state index contributed by atoms with van der Waals surface area (Å²) < 4.78 is 11.4. The van der Waals surface area contributed by atoms with Gasteiger partial charge in [-0.05, 0) is 34.1 Å². The lowest BCUT2D eigenvalue weighted by Gasteiger charge is -2.20. The maximum absolute atomic E-state index is 5.75. The second kappa shape index (κ2) is 7.43. The minimum absolute atomic E-state index is 0.145. The van der Waals surface area contributed by atoms with Crippen LogP contribution < -0.4 is 10.1 Å². The smallest absolute Gasteiger partial charge is 0.221 e. The first-order valence-corrected chi connectivity index (χ1v) is 7.19. The summed E-state index contributed by atoms with van der Waals surface area (Å²) in [6.45, 7) is 11.2. The molecular weight excluding hydrogens is 254 g/mol. The zero-order valence-electron chi connectivity index (χ0n) is 13.5. The molecular formula is C15H27N3O2. The molecule has 5 heteroatoms. The van der Waals surface area contributed by atoms with Gasteiger partial charge in [-0.1, -0.05) is 6.92 Å². The fraction of sp³-hybridized carbons (Fsp3) is 0.733. The van der Waals surface area contributed by atoms with Gasteiger partial charge in [0.05, 0.1) is 17.8 Å². The van der Waals surface area contributed by atoms with Crippen LogP contribution in [0, 0.1) is 6.92 Å². The van der Waals surface area contributed by atoms with Crippen molar-refractivity contribution < 1.29 is 9.47 Å². The fourth-order valence-electron chi connectivity index (χ4n) is 1.75. The summed E-state index contributed by atoms with van der Waals surface area (Å²) in [5.74, 6) is 2.29. The van der Waals surface area contributed by atoms with E-state index in [-0.39, 0.29) is 5.60 Å². The first-order chi connectivity index (χ1) is 9.37. The Kier molecular flexibility index (Phi) is 6.20. The number of hydrogen-bond donors (Lipinski definition) is 1. The molecule has 0 atom stereocenters. The average molecular weight is 281 g/mol. The molecule has 0 bridgehead atoms. The summed E-state index contributed by atoms with van der Waals surface area (Å²) in [7, 11) is 1.86. The molecule has 1 N–H and O–H groups in total. The molecule has 1 heterocycles. The average Bonchev–Trinajstić information content (AvgIpc) is 2.36. The monoisotopic (exact) mass is 281 g/mol. The van der Waals surface area contributed by atoms with Gasteiger partial charge in [0.2, 0.25) is 5.88 Å². The Balaban J connectivity index is 2.70. The normalized spacial score (nSPS) is 11.5. The SMILES string of the molecule is CCCc1nc(NC)c(C)c(OCCOC(C)(C)C)n1. The number of rotatable bonds is 7. The van der Waals surface area contributed by atoms with E-state index in [1.54, 1.807) is 0 Å². The van der Waals surface area contributed by atoms with E-state index in [0.717, 1.165) is 30.0 Å². The van der Waals surface area contributed by atoms with Crippen LogP contribution in [0.1, 0.15) is 45.5 Å². The first-order valence-electron chi connectivity index (χ1n) is 7.19. The Hall–Kier alpha value is -1.36. The van der Waals surface area contributed by atoms with Gasteiger partial charge in [-0.3, -0.25) is 0 Å². The van der Waals surface area contributed by atoms with Crippen molar-refractivity contribution in [1.82, 2.24) is 9.97 Å². The van der Waals surface area contributed by atoms with E-state index in [9.17, 15) is 0 Å². The van der Waals surface area contributed by atoms with Crippen LogP contribution in [-0.2, 0) is 11.2 Å². The molecule has 0 amide bonds. The molecule has 0 spiro atoms. The third-order valence-corrected chi connectivity index (χ3v) is 2.72. The molecule has 1 aromatic rings. The van der Waals surface area contributed by atoms with E-state index in [4.69, 9.17) is 9.47 Å². The summed E-state index contributed by atoms with van der Waals surface area (Å²) in [6.07, 6.45) is 1.86. The summed E-state index contributed by atoms with van der Waals surface area (Å²) in [6, 6.07) is 0. The molecule has 0 saturated carbocycles. The van der Waals surface area contributed by atoms with Gasteiger partial charge < -0.3 is 14.8 Å². The van der Waals surface area contributed by atoms with Gasteiger partial charge >= 0.3 is 0 Å². The van der Waals surface area contributed by atoms with Crippen molar-refractivity contribution in [2.75, 3.05) is 25.6 Å².